The first-order valence-electron chi connectivity index (χ1n) is 18.5. The molecule has 0 fully saturated rings. The molecule has 258 valence electrons. The minimum absolute atomic E-state index is 0.762. The van der Waals surface area contributed by atoms with E-state index >= 15 is 0 Å². The topological polar surface area (TPSA) is 51.6 Å². The molecule has 4 nitrogen and oxygen atoms in total. The van der Waals surface area contributed by atoms with Crippen molar-refractivity contribution in [2.45, 2.75) is 5.41 Å². The van der Waals surface area contributed by atoms with Crippen molar-refractivity contribution >= 4 is 0 Å². The van der Waals surface area contributed by atoms with E-state index in [2.05, 4.69) is 121 Å². The molecule has 0 N–H and O–H groups in total. The number of aromatic nitrogens is 4. The van der Waals surface area contributed by atoms with Gasteiger partial charge in [0.2, 0.25) is 0 Å². The normalized spacial score (nSPS) is 12.5. The Labute approximate surface area is 320 Å². The molecule has 4 aromatic heterocycles. The van der Waals surface area contributed by atoms with Crippen LogP contribution in [0.4, 0.5) is 0 Å². The van der Waals surface area contributed by atoms with E-state index < -0.39 is 5.41 Å². The lowest BCUT2D eigenvalue weighted by atomic mass is 9.64. The Morgan fingerprint density at radius 1 is 0.273 bits per heavy atom. The maximum atomic E-state index is 5.17. The molecule has 0 atom stereocenters. The van der Waals surface area contributed by atoms with E-state index in [9.17, 15) is 0 Å². The first-order chi connectivity index (χ1) is 27.3. The van der Waals surface area contributed by atoms with Crippen LogP contribution in [0, 0.1) is 0 Å². The van der Waals surface area contributed by atoms with Gasteiger partial charge in [0, 0.05) is 23.5 Å². The number of pyridine rings is 4. The molecule has 0 bridgehead atoms. The van der Waals surface area contributed by atoms with Crippen molar-refractivity contribution in [3.05, 3.63) is 229 Å². The van der Waals surface area contributed by atoms with Crippen molar-refractivity contribution in [2.24, 2.45) is 0 Å². The molecule has 0 amide bonds. The summed E-state index contributed by atoms with van der Waals surface area (Å²) < 4.78 is 0. The summed E-state index contributed by atoms with van der Waals surface area (Å²) >= 11 is 0. The smallest absolute Gasteiger partial charge is 0.0893 e. The third kappa shape index (κ3) is 5.55. The summed E-state index contributed by atoms with van der Waals surface area (Å²) in [5.41, 5.74) is 15.7. The second kappa shape index (κ2) is 13.6. The van der Waals surface area contributed by atoms with E-state index in [0.717, 1.165) is 56.4 Å². The van der Waals surface area contributed by atoms with Gasteiger partial charge in [0.1, 0.15) is 0 Å². The molecule has 0 saturated heterocycles. The largest absolute Gasteiger partial charge is 0.254 e. The maximum Gasteiger partial charge on any atom is 0.0893 e. The molecule has 0 spiro atoms. The second-order valence-electron chi connectivity index (χ2n) is 13.8. The van der Waals surface area contributed by atoms with Gasteiger partial charge in [0.25, 0.3) is 0 Å². The predicted molar refractivity (Wildman–Crippen MR) is 222 cm³/mol. The van der Waals surface area contributed by atoms with Crippen LogP contribution in [0.5, 0.6) is 0 Å². The standard InChI is InChI=1S/C51H34N4/c1-3-15-35(16-4-1)45-25-13-27-49(54-45)47-31-29-37(33-52-47)51(38-30-32-48(53-34-38)50-28-14-26-46(55-50)36-17-5-2-6-18-36)43-23-11-9-21-41(43)39-19-7-8-20-40(39)42-22-10-12-24-44(42)51/h1-34H. The molecule has 55 heavy (non-hydrogen) atoms. The average molecular weight is 703 g/mol. The first-order valence-corrected chi connectivity index (χ1v) is 18.5. The molecule has 1 aliphatic rings. The van der Waals surface area contributed by atoms with Crippen molar-refractivity contribution in [2.75, 3.05) is 0 Å². The van der Waals surface area contributed by atoms with E-state index in [1.165, 1.54) is 33.4 Å². The summed E-state index contributed by atoms with van der Waals surface area (Å²) in [5.74, 6) is 0. The maximum absolute atomic E-state index is 5.17. The summed E-state index contributed by atoms with van der Waals surface area (Å²) in [6, 6.07) is 67.8. The monoisotopic (exact) mass is 702 g/mol. The van der Waals surface area contributed by atoms with Crippen molar-refractivity contribution in [3.8, 4) is 67.5 Å². The third-order valence-electron chi connectivity index (χ3n) is 10.7. The molecule has 4 heterocycles. The average Bonchev–Trinajstić information content (AvgIpc) is 3.39. The summed E-state index contributed by atoms with van der Waals surface area (Å²) in [4.78, 5) is 20.4. The number of rotatable bonds is 6. The van der Waals surface area contributed by atoms with Gasteiger partial charge in [-0.2, -0.15) is 0 Å². The highest BCUT2D eigenvalue weighted by molar-refractivity contribution is 5.92. The molecule has 0 radical (unpaired) electrons. The Bertz CT molecular complexity index is 2600. The fraction of sp³-hybridized carbons (Fsp3) is 0.0196. The second-order valence-corrected chi connectivity index (χ2v) is 13.8. The highest BCUT2D eigenvalue weighted by Gasteiger charge is 2.44. The van der Waals surface area contributed by atoms with Crippen molar-refractivity contribution in [3.63, 3.8) is 0 Å². The van der Waals surface area contributed by atoms with E-state index in [0.29, 0.717) is 0 Å². The highest BCUT2D eigenvalue weighted by Crippen LogP contribution is 2.54. The van der Waals surface area contributed by atoms with Crippen molar-refractivity contribution in [1.29, 1.82) is 0 Å². The third-order valence-corrected chi connectivity index (χ3v) is 10.7. The van der Waals surface area contributed by atoms with Gasteiger partial charge in [-0.1, -0.05) is 158 Å². The number of hydrogen-bond acceptors (Lipinski definition) is 4. The van der Waals surface area contributed by atoms with Crippen LogP contribution in [0.3, 0.4) is 0 Å². The van der Waals surface area contributed by atoms with Crippen LogP contribution in [-0.2, 0) is 5.41 Å². The highest BCUT2D eigenvalue weighted by atomic mass is 14.8. The fourth-order valence-corrected chi connectivity index (χ4v) is 8.21. The van der Waals surface area contributed by atoms with Crippen LogP contribution in [-0.4, -0.2) is 19.9 Å². The Kier molecular flexibility index (Phi) is 8.00. The molecular weight excluding hydrogens is 669 g/mol. The Morgan fingerprint density at radius 3 is 1.07 bits per heavy atom. The number of nitrogens with zero attached hydrogens (tertiary/aromatic N) is 4. The lowest BCUT2D eigenvalue weighted by molar-refractivity contribution is 0.742. The van der Waals surface area contributed by atoms with Gasteiger partial charge >= 0.3 is 0 Å². The molecule has 5 aromatic carbocycles. The van der Waals surface area contributed by atoms with Gasteiger partial charge in [-0.15, -0.1) is 0 Å². The van der Waals surface area contributed by atoms with Crippen LogP contribution in [0.2, 0.25) is 0 Å². The van der Waals surface area contributed by atoms with E-state index in [-0.39, 0.29) is 0 Å². The van der Waals surface area contributed by atoms with Crippen molar-refractivity contribution < 1.29 is 0 Å². The van der Waals surface area contributed by atoms with E-state index in [1.54, 1.807) is 0 Å². The minimum Gasteiger partial charge on any atom is -0.254 e. The van der Waals surface area contributed by atoms with E-state index in [1.807, 2.05) is 85.2 Å². The zero-order chi connectivity index (χ0) is 36.6. The molecular formula is C51H34N4. The lowest BCUT2D eigenvalue weighted by Crippen LogP contribution is -2.32. The van der Waals surface area contributed by atoms with Gasteiger partial charge < -0.3 is 0 Å². The summed E-state index contributed by atoms with van der Waals surface area (Å²) in [6.45, 7) is 0. The van der Waals surface area contributed by atoms with Gasteiger partial charge in [0.05, 0.1) is 39.6 Å². The Hall–Kier alpha value is -7.30. The number of hydrogen-bond donors (Lipinski definition) is 0. The summed E-state index contributed by atoms with van der Waals surface area (Å²) in [6.07, 6.45) is 4.07. The quantitative estimate of drug-likeness (QED) is 0.173. The molecule has 0 aliphatic heterocycles. The summed E-state index contributed by atoms with van der Waals surface area (Å²) in [7, 11) is 0. The van der Waals surface area contributed by atoms with Gasteiger partial charge in [-0.05, 0) is 80.9 Å². The lowest BCUT2D eigenvalue weighted by Gasteiger charge is -2.37. The van der Waals surface area contributed by atoms with Gasteiger partial charge in [0.15, 0.2) is 0 Å². The predicted octanol–water partition coefficient (Wildman–Crippen LogP) is 12.0. The van der Waals surface area contributed by atoms with Crippen molar-refractivity contribution in [1.82, 2.24) is 19.9 Å². The first kappa shape index (κ1) is 32.4. The zero-order valence-corrected chi connectivity index (χ0v) is 29.9. The summed E-state index contributed by atoms with van der Waals surface area (Å²) in [5, 5.41) is 0. The number of fused-ring (bicyclic) bond motifs is 5. The van der Waals surface area contributed by atoms with Crippen LogP contribution in [0.1, 0.15) is 22.3 Å². The van der Waals surface area contributed by atoms with Crippen LogP contribution in [0.15, 0.2) is 207 Å². The molecule has 0 unspecified atom stereocenters. The number of benzene rings is 5. The molecule has 1 aliphatic carbocycles. The molecule has 10 rings (SSSR count). The van der Waals surface area contributed by atoms with Crippen LogP contribution >= 0.6 is 0 Å². The minimum atomic E-state index is -0.762. The van der Waals surface area contributed by atoms with E-state index in [4.69, 9.17) is 19.9 Å². The zero-order valence-electron chi connectivity index (χ0n) is 29.9. The fourth-order valence-electron chi connectivity index (χ4n) is 8.21. The molecule has 4 heteroatoms. The Balaban J connectivity index is 1.17. The van der Waals surface area contributed by atoms with Crippen LogP contribution < -0.4 is 0 Å². The molecule has 0 saturated carbocycles. The SMILES string of the molecule is c1ccc(-c2cccc(-c3ccc(C4(c5ccc(-c6cccc(-c7ccccc7)n6)nc5)c5ccccc5-c5ccccc5-c5ccccc54)cn3)n2)cc1. The molecule has 9 aromatic rings. The van der Waals surface area contributed by atoms with Gasteiger partial charge in [-0.3, -0.25) is 9.97 Å². The van der Waals surface area contributed by atoms with Gasteiger partial charge in [-0.25, -0.2) is 9.97 Å². The Morgan fingerprint density at radius 2 is 0.655 bits per heavy atom. The van der Waals surface area contributed by atoms with Crippen LogP contribution in [0.25, 0.3) is 67.5 Å².